The summed E-state index contributed by atoms with van der Waals surface area (Å²) in [5.41, 5.74) is 1.12. The Bertz CT molecular complexity index is 391. The van der Waals surface area contributed by atoms with E-state index in [-0.39, 0.29) is 5.75 Å². The van der Waals surface area contributed by atoms with Crippen LogP contribution in [0.25, 0.3) is 0 Å². The molecule has 0 aliphatic carbocycles. The molecule has 0 amide bonds. The van der Waals surface area contributed by atoms with Crippen LogP contribution in [0.4, 0.5) is 8.78 Å². The SMILES string of the molecule is CCN(Cc1ccc(OC(F)F)cc1)CC1CCCN1. The van der Waals surface area contributed by atoms with Gasteiger partial charge < -0.3 is 10.1 Å². The van der Waals surface area contributed by atoms with E-state index in [0.29, 0.717) is 6.04 Å². The van der Waals surface area contributed by atoms with Gasteiger partial charge in [0.15, 0.2) is 0 Å². The molecule has 1 aromatic carbocycles. The van der Waals surface area contributed by atoms with Crippen LogP contribution in [0.2, 0.25) is 0 Å². The van der Waals surface area contributed by atoms with E-state index in [9.17, 15) is 8.78 Å². The Morgan fingerprint density at radius 2 is 2.10 bits per heavy atom. The molecule has 1 saturated heterocycles. The van der Waals surface area contributed by atoms with Gasteiger partial charge in [-0.15, -0.1) is 0 Å². The molecule has 0 bridgehead atoms. The second-order valence-corrected chi connectivity index (χ2v) is 5.14. The molecular formula is C15H22F2N2O. The lowest BCUT2D eigenvalue weighted by Gasteiger charge is -2.24. The van der Waals surface area contributed by atoms with Gasteiger partial charge >= 0.3 is 6.61 Å². The summed E-state index contributed by atoms with van der Waals surface area (Å²) in [4.78, 5) is 2.37. The molecule has 0 aromatic heterocycles. The van der Waals surface area contributed by atoms with Crippen LogP contribution in [0.3, 0.4) is 0 Å². The van der Waals surface area contributed by atoms with Gasteiger partial charge in [0.2, 0.25) is 0 Å². The molecule has 20 heavy (non-hydrogen) atoms. The van der Waals surface area contributed by atoms with E-state index in [0.717, 1.165) is 31.7 Å². The predicted molar refractivity (Wildman–Crippen MR) is 75.0 cm³/mol. The number of rotatable bonds is 7. The molecule has 0 saturated carbocycles. The molecule has 5 heteroatoms. The van der Waals surface area contributed by atoms with Crippen molar-refractivity contribution in [3.8, 4) is 5.75 Å². The molecule has 2 rings (SSSR count). The lowest BCUT2D eigenvalue weighted by molar-refractivity contribution is -0.0498. The molecule has 1 fully saturated rings. The van der Waals surface area contributed by atoms with Crippen LogP contribution in [-0.4, -0.2) is 37.2 Å². The Hall–Kier alpha value is -1.20. The fourth-order valence-electron chi connectivity index (χ4n) is 2.56. The highest BCUT2D eigenvalue weighted by atomic mass is 19.3. The van der Waals surface area contributed by atoms with Gasteiger partial charge in [-0.3, -0.25) is 4.90 Å². The average molecular weight is 284 g/mol. The number of ether oxygens (including phenoxy) is 1. The van der Waals surface area contributed by atoms with Crippen LogP contribution >= 0.6 is 0 Å². The second-order valence-electron chi connectivity index (χ2n) is 5.14. The number of hydrogen-bond donors (Lipinski definition) is 1. The summed E-state index contributed by atoms with van der Waals surface area (Å²) in [7, 11) is 0. The van der Waals surface area contributed by atoms with Crippen LogP contribution in [0.1, 0.15) is 25.3 Å². The van der Waals surface area contributed by atoms with Gasteiger partial charge in [-0.05, 0) is 43.6 Å². The first-order valence-electron chi connectivity index (χ1n) is 7.17. The fraction of sp³-hybridized carbons (Fsp3) is 0.600. The number of alkyl halides is 2. The zero-order chi connectivity index (χ0) is 14.4. The van der Waals surface area contributed by atoms with Crippen molar-refractivity contribution >= 4 is 0 Å². The predicted octanol–water partition coefficient (Wildman–Crippen LogP) is 2.86. The Morgan fingerprint density at radius 1 is 1.35 bits per heavy atom. The smallest absolute Gasteiger partial charge is 0.387 e. The Balaban J connectivity index is 1.86. The molecule has 1 N–H and O–H groups in total. The van der Waals surface area contributed by atoms with Gasteiger partial charge in [0.25, 0.3) is 0 Å². The molecule has 1 heterocycles. The summed E-state index contributed by atoms with van der Waals surface area (Å²) in [5, 5.41) is 3.49. The topological polar surface area (TPSA) is 24.5 Å². The lowest BCUT2D eigenvalue weighted by atomic mass is 10.1. The van der Waals surface area contributed by atoms with E-state index in [1.807, 2.05) is 12.1 Å². The van der Waals surface area contributed by atoms with Crippen LogP contribution < -0.4 is 10.1 Å². The Kier molecular flexibility index (Phi) is 5.73. The molecule has 0 spiro atoms. The molecule has 1 aliphatic rings. The third-order valence-corrected chi connectivity index (χ3v) is 3.64. The van der Waals surface area contributed by atoms with Crippen molar-refractivity contribution in [3.63, 3.8) is 0 Å². The van der Waals surface area contributed by atoms with E-state index < -0.39 is 6.61 Å². The quantitative estimate of drug-likeness (QED) is 0.833. The normalized spacial score (nSPS) is 18.9. The average Bonchev–Trinajstić information content (AvgIpc) is 2.92. The maximum atomic E-state index is 12.1. The van der Waals surface area contributed by atoms with Crippen LogP contribution in [0, 0.1) is 0 Å². The fourth-order valence-corrected chi connectivity index (χ4v) is 2.56. The molecule has 112 valence electrons. The van der Waals surface area contributed by atoms with Crippen molar-refractivity contribution in [1.29, 1.82) is 0 Å². The zero-order valence-electron chi connectivity index (χ0n) is 11.8. The molecule has 1 unspecified atom stereocenters. The van der Waals surface area contributed by atoms with Gasteiger partial charge in [0.1, 0.15) is 5.75 Å². The van der Waals surface area contributed by atoms with Crippen molar-refractivity contribution in [2.45, 2.75) is 39.0 Å². The molecule has 0 radical (unpaired) electrons. The van der Waals surface area contributed by atoms with Gasteiger partial charge in [-0.25, -0.2) is 0 Å². The molecule has 1 atom stereocenters. The highest BCUT2D eigenvalue weighted by Gasteiger charge is 2.17. The van der Waals surface area contributed by atoms with Crippen LogP contribution in [0.5, 0.6) is 5.75 Å². The number of nitrogens with zero attached hydrogens (tertiary/aromatic N) is 1. The van der Waals surface area contributed by atoms with Crippen molar-refractivity contribution in [1.82, 2.24) is 10.2 Å². The molecule has 3 nitrogen and oxygen atoms in total. The van der Waals surface area contributed by atoms with Gasteiger partial charge in [0.05, 0.1) is 0 Å². The van der Waals surface area contributed by atoms with Crippen LogP contribution in [0.15, 0.2) is 24.3 Å². The van der Waals surface area contributed by atoms with E-state index in [2.05, 4.69) is 21.9 Å². The number of likely N-dealkylation sites (N-methyl/N-ethyl adjacent to an activating group) is 1. The maximum Gasteiger partial charge on any atom is 0.387 e. The number of nitrogens with one attached hydrogen (secondary N) is 1. The largest absolute Gasteiger partial charge is 0.435 e. The van der Waals surface area contributed by atoms with Crippen molar-refractivity contribution in [2.24, 2.45) is 0 Å². The Morgan fingerprint density at radius 3 is 2.65 bits per heavy atom. The minimum atomic E-state index is -2.76. The van der Waals surface area contributed by atoms with Gasteiger partial charge in [0, 0.05) is 19.1 Å². The Labute approximate surface area is 118 Å². The highest BCUT2D eigenvalue weighted by molar-refractivity contribution is 5.27. The summed E-state index contributed by atoms with van der Waals surface area (Å²) >= 11 is 0. The first kappa shape index (κ1) is 15.2. The minimum Gasteiger partial charge on any atom is -0.435 e. The summed E-state index contributed by atoms with van der Waals surface area (Å²) < 4.78 is 28.5. The maximum absolute atomic E-state index is 12.1. The number of halogens is 2. The van der Waals surface area contributed by atoms with Crippen molar-refractivity contribution in [2.75, 3.05) is 19.6 Å². The second kappa shape index (κ2) is 7.55. The van der Waals surface area contributed by atoms with E-state index in [4.69, 9.17) is 0 Å². The van der Waals surface area contributed by atoms with E-state index in [1.54, 1.807) is 12.1 Å². The summed E-state index contributed by atoms with van der Waals surface area (Å²) in [5.74, 6) is 0.212. The molecular weight excluding hydrogens is 262 g/mol. The van der Waals surface area contributed by atoms with Crippen LogP contribution in [-0.2, 0) is 6.54 Å². The summed E-state index contributed by atoms with van der Waals surface area (Å²) in [6, 6.07) is 7.48. The first-order chi connectivity index (χ1) is 9.67. The monoisotopic (exact) mass is 284 g/mol. The summed E-state index contributed by atoms with van der Waals surface area (Å²) in [6.45, 7) is 3.34. The van der Waals surface area contributed by atoms with Crippen molar-refractivity contribution < 1.29 is 13.5 Å². The lowest BCUT2D eigenvalue weighted by Crippen LogP contribution is -2.37. The zero-order valence-corrected chi connectivity index (χ0v) is 11.8. The minimum absolute atomic E-state index is 0.212. The van der Waals surface area contributed by atoms with E-state index >= 15 is 0 Å². The van der Waals surface area contributed by atoms with Gasteiger partial charge in [-0.2, -0.15) is 8.78 Å². The standard InChI is InChI=1S/C15H22F2N2O/c1-2-19(11-13-4-3-9-18-13)10-12-5-7-14(8-6-12)20-15(16)17/h5-8,13,15,18H,2-4,9-11H2,1H3. The van der Waals surface area contributed by atoms with Gasteiger partial charge in [-0.1, -0.05) is 19.1 Å². The number of benzene rings is 1. The number of hydrogen-bond acceptors (Lipinski definition) is 3. The highest BCUT2D eigenvalue weighted by Crippen LogP contribution is 2.16. The third-order valence-electron chi connectivity index (χ3n) is 3.64. The summed E-state index contributed by atoms with van der Waals surface area (Å²) in [6.07, 6.45) is 2.49. The van der Waals surface area contributed by atoms with Crippen molar-refractivity contribution in [3.05, 3.63) is 29.8 Å². The third kappa shape index (κ3) is 4.72. The first-order valence-corrected chi connectivity index (χ1v) is 7.17. The molecule has 1 aliphatic heterocycles. The molecule has 1 aromatic rings. The van der Waals surface area contributed by atoms with E-state index in [1.165, 1.54) is 12.8 Å².